The molecule has 0 aliphatic carbocycles. The third-order valence-electron chi connectivity index (χ3n) is 2.90. The van der Waals surface area contributed by atoms with Gasteiger partial charge in [-0.1, -0.05) is 12.1 Å². The minimum absolute atomic E-state index is 0.301. The lowest BCUT2D eigenvalue weighted by Crippen LogP contribution is -2.19. The Balaban J connectivity index is 2.02. The Kier molecular flexibility index (Phi) is 4.26. The van der Waals surface area contributed by atoms with E-state index in [9.17, 15) is 9.50 Å². The van der Waals surface area contributed by atoms with Gasteiger partial charge in [-0.05, 0) is 17.7 Å². The predicted octanol–water partition coefficient (Wildman–Crippen LogP) is 1.76. The average Bonchev–Trinajstić information content (AvgIpc) is 2.89. The van der Waals surface area contributed by atoms with Crippen molar-refractivity contribution in [3.63, 3.8) is 0 Å². The van der Waals surface area contributed by atoms with Gasteiger partial charge < -0.3 is 14.6 Å². The number of hydrogen-bond donors (Lipinski definition) is 1. The van der Waals surface area contributed by atoms with Gasteiger partial charge in [0.25, 0.3) is 0 Å². The average molecular weight is 251 g/mol. The first kappa shape index (κ1) is 13.0. The molecule has 2 atom stereocenters. The minimum Gasteiger partial charge on any atom is -0.387 e. The highest BCUT2D eigenvalue weighted by molar-refractivity contribution is 5.20. The maximum Gasteiger partial charge on any atom is 0.159 e. The molecular formula is C13H14FNO3. The van der Waals surface area contributed by atoms with E-state index in [4.69, 9.17) is 14.7 Å². The number of rotatable bonds is 4. The summed E-state index contributed by atoms with van der Waals surface area (Å²) in [6, 6.07) is 7.50. The summed E-state index contributed by atoms with van der Waals surface area (Å²) in [4.78, 5) is 0. The molecule has 18 heavy (non-hydrogen) atoms. The highest BCUT2D eigenvalue weighted by Gasteiger charge is 2.27. The molecule has 1 N–H and O–H groups in total. The van der Waals surface area contributed by atoms with Gasteiger partial charge in [-0.25, -0.2) is 4.39 Å². The first-order valence-electron chi connectivity index (χ1n) is 5.77. The Bertz CT molecular complexity index is 423. The Hall–Kier alpha value is -1.48. The summed E-state index contributed by atoms with van der Waals surface area (Å²) in [6.45, 7) is 1.02. The molecule has 0 saturated carbocycles. The van der Waals surface area contributed by atoms with Crippen LogP contribution in [0.1, 0.15) is 18.1 Å². The van der Waals surface area contributed by atoms with E-state index in [1.165, 1.54) is 24.3 Å². The quantitative estimate of drug-likeness (QED) is 0.885. The van der Waals surface area contributed by atoms with E-state index < -0.39 is 18.3 Å². The first-order chi connectivity index (χ1) is 8.70. The number of aliphatic hydroxyl groups excluding tert-OH is 1. The summed E-state index contributed by atoms with van der Waals surface area (Å²) in [6.07, 6.45) is -1.11. The number of ether oxygens (including phenoxy) is 2. The SMILES string of the molecule is N#CC(CC1OCCO1)C(O)c1ccc(F)cc1. The van der Waals surface area contributed by atoms with Crippen LogP contribution in [0.2, 0.25) is 0 Å². The van der Waals surface area contributed by atoms with Gasteiger partial charge in [0.1, 0.15) is 5.82 Å². The van der Waals surface area contributed by atoms with Crippen molar-refractivity contribution in [1.82, 2.24) is 0 Å². The van der Waals surface area contributed by atoms with Gasteiger partial charge in [0.2, 0.25) is 0 Å². The zero-order chi connectivity index (χ0) is 13.0. The van der Waals surface area contributed by atoms with Crippen LogP contribution in [0.3, 0.4) is 0 Å². The molecular weight excluding hydrogens is 237 g/mol. The van der Waals surface area contributed by atoms with Gasteiger partial charge in [0, 0.05) is 6.42 Å². The Morgan fingerprint density at radius 3 is 2.50 bits per heavy atom. The van der Waals surface area contributed by atoms with Crippen molar-refractivity contribution >= 4 is 0 Å². The summed E-state index contributed by atoms with van der Waals surface area (Å²) < 4.78 is 23.3. The molecule has 1 aromatic rings. The molecule has 2 rings (SSSR count). The van der Waals surface area contributed by atoms with Crippen LogP contribution in [0.25, 0.3) is 0 Å². The molecule has 96 valence electrons. The van der Waals surface area contributed by atoms with E-state index in [-0.39, 0.29) is 5.82 Å². The smallest absolute Gasteiger partial charge is 0.159 e. The van der Waals surface area contributed by atoms with Crippen LogP contribution in [-0.4, -0.2) is 24.6 Å². The van der Waals surface area contributed by atoms with Crippen LogP contribution in [0.15, 0.2) is 24.3 Å². The number of aliphatic hydroxyl groups is 1. The van der Waals surface area contributed by atoms with Gasteiger partial charge in [0.05, 0.1) is 31.3 Å². The number of hydrogen-bond acceptors (Lipinski definition) is 4. The van der Waals surface area contributed by atoms with Crippen LogP contribution < -0.4 is 0 Å². The number of halogens is 1. The number of benzene rings is 1. The van der Waals surface area contributed by atoms with E-state index >= 15 is 0 Å². The zero-order valence-electron chi connectivity index (χ0n) is 9.75. The van der Waals surface area contributed by atoms with Crippen molar-refractivity contribution in [2.45, 2.75) is 18.8 Å². The van der Waals surface area contributed by atoms with E-state index in [1.54, 1.807) is 0 Å². The van der Waals surface area contributed by atoms with Crippen LogP contribution >= 0.6 is 0 Å². The molecule has 1 aliphatic heterocycles. The number of nitrogens with zero attached hydrogens (tertiary/aromatic N) is 1. The van der Waals surface area contributed by atoms with Crippen molar-refractivity contribution in [2.75, 3.05) is 13.2 Å². The van der Waals surface area contributed by atoms with Gasteiger partial charge in [-0.15, -0.1) is 0 Å². The normalized spacial score (nSPS) is 19.4. The van der Waals surface area contributed by atoms with E-state index in [0.717, 1.165) is 0 Å². The maximum absolute atomic E-state index is 12.8. The second-order valence-electron chi connectivity index (χ2n) is 4.14. The highest BCUT2D eigenvalue weighted by Crippen LogP contribution is 2.27. The number of nitriles is 1. The maximum atomic E-state index is 12.8. The van der Waals surface area contributed by atoms with Gasteiger partial charge in [-0.2, -0.15) is 5.26 Å². The van der Waals surface area contributed by atoms with Crippen molar-refractivity contribution in [3.8, 4) is 6.07 Å². The molecule has 0 radical (unpaired) electrons. The summed E-state index contributed by atoms with van der Waals surface area (Å²) in [7, 11) is 0. The summed E-state index contributed by atoms with van der Waals surface area (Å²) >= 11 is 0. The molecule has 0 amide bonds. The molecule has 0 bridgehead atoms. The molecule has 0 aromatic heterocycles. The monoisotopic (exact) mass is 251 g/mol. The molecule has 1 aliphatic rings. The van der Waals surface area contributed by atoms with E-state index in [2.05, 4.69) is 0 Å². The fourth-order valence-electron chi connectivity index (χ4n) is 1.90. The van der Waals surface area contributed by atoms with E-state index in [0.29, 0.717) is 25.2 Å². The third kappa shape index (κ3) is 3.05. The fraction of sp³-hybridized carbons (Fsp3) is 0.462. The molecule has 5 heteroatoms. The van der Waals surface area contributed by atoms with Crippen LogP contribution in [0.4, 0.5) is 4.39 Å². The lowest BCUT2D eigenvalue weighted by molar-refractivity contribution is -0.0630. The lowest BCUT2D eigenvalue weighted by atomic mass is 9.94. The molecule has 1 saturated heterocycles. The summed E-state index contributed by atoms with van der Waals surface area (Å²) in [5.74, 6) is -1.01. The summed E-state index contributed by atoms with van der Waals surface area (Å²) in [5.41, 5.74) is 0.515. The minimum atomic E-state index is -0.969. The molecule has 1 aromatic carbocycles. The van der Waals surface area contributed by atoms with Gasteiger partial charge in [0.15, 0.2) is 6.29 Å². The highest BCUT2D eigenvalue weighted by atomic mass is 19.1. The second-order valence-corrected chi connectivity index (χ2v) is 4.14. The topological polar surface area (TPSA) is 62.5 Å². The van der Waals surface area contributed by atoms with Crippen molar-refractivity contribution in [1.29, 1.82) is 5.26 Å². The van der Waals surface area contributed by atoms with Crippen LogP contribution in [0, 0.1) is 23.1 Å². The lowest BCUT2D eigenvalue weighted by Gasteiger charge is -2.19. The van der Waals surface area contributed by atoms with E-state index in [1.807, 2.05) is 6.07 Å². The molecule has 1 fully saturated rings. The van der Waals surface area contributed by atoms with Crippen molar-refractivity contribution in [3.05, 3.63) is 35.6 Å². The Morgan fingerprint density at radius 2 is 1.94 bits per heavy atom. The van der Waals surface area contributed by atoms with Gasteiger partial charge in [-0.3, -0.25) is 0 Å². The van der Waals surface area contributed by atoms with Crippen molar-refractivity contribution < 1.29 is 19.0 Å². The molecule has 2 unspecified atom stereocenters. The van der Waals surface area contributed by atoms with Crippen molar-refractivity contribution in [2.24, 2.45) is 5.92 Å². The van der Waals surface area contributed by atoms with Gasteiger partial charge >= 0.3 is 0 Å². The largest absolute Gasteiger partial charge is 0.387 e. The molecule has 1 heterocycles. The third-order valence-corrected chi connectivity index (χ3v) is 2.90. The standard InChI is InChI=1S/C13H14FNO3/c14-11-3-1-9(2-4-11)13(16)10(8-15)7-12-17-5-6-18-12/h1-4,10,12-13,16H,5-7H2. The summed E-state index contributed by atoms with van der Waals surface area (Å²) in [5, 5.41) is 19.2. The first-order valence-corrected chi connectivity index (χ1v) is 5.77. The zero-order valence-corrected chi connectivity index (χ0v) is 9.75. The van der Waals surface area contributed by atoms with Crippen LogP contribution in [0.5, 0.6) is 0 Å². The Labute approximate surface area is 105 Å². The molecule has 4 nitrogen and oxygen atoms in total. The second kappa shape index (κ2) is 5.91. The Morgan fingerprint density at radius 1 is 1.33 bits per heavy atom. The fourth-order valence-corrected chi connectivity index (χ4v) is 1.90. The molecule has 0 spiro atoms. The van der Waals surface area contributed by atoms with Crippen LogP contribution in [-0.2, 0) is 9.47 Å². The predicted molar refractivity (Wildman–Crippen MR) is 60.8 cm³/mol.